The van der Waals surface area contributed by atoms with E-state index in [2.05, 4.69) is 0 Å². The van der Waals surface area contributed by atoms with Gasteiger partial charge in [-0.1, -0.05) is 12.1 Å². The van der Waals surface area contributed by atoms with Gasteiger partial charge in [-0.05, 0) is 31.5 Å². The van der Waals surface area contributed by atoms with E-state index in [1.54, 1.807) is 36.2 Å². The van der Waals surface area contributed by atoms with E-state index < -0.39 is 5.54 Å². The highest BCUT2D eigenvalue weighted by Gasteiger charge is 2.26. The molecule has 1 aromatic rings. The molecule has 0 aliphatic heterocycles. The van der Waals surface area contributed by atoms with Crippen molar-refractivity contribution in [3.05, 3.63) is 35.4 Å². The van der Waals surface area contributed by atoms with Gasteiger partial charge < -0.3 is 10.0 Å². The summed E-state index contributed by atoms with van der Waals surface area (Å²) in [5, 5.41) is 17.9. The van der Waals surface area contributed by atoms with E-state index in [0.29, 0.717) is 5.56 Å². The average Bonchev–Trinajstić information content (AvgIpc) is 2.38. The third kappa shape index (κ3) is 3.31. The second-order valence-corrected chi connectivity index (χ2v) is 4.91. The first-order chi connectivity index (χ1) is 8.40. The van der Waals surface area contributed by atoms with Crippen LogP contribution in [0.15, 0.2) is 24.3 Å². The largest absolute Gasteiger partial charge is 0.394 e. The second-order valence-electron chi connectivity index (χ2n) is 4.91. The van der Waals surface area contributed by atoms with Crippen LogP contribution in [0.25, 0.3) is 0 Å². The molecule has 4 heteroatoms. The van der Waals surface area contributed by atoms with Crippen molar-refractivity contribution in [1.82, 2.24) is 4.90 Å². The first kappa shape index (κ1) is 14.2. The van der Waals surface area contributed by atoms with Crippen molar-refractivity contribution in [3.8, 4) is 6.07 Å². The van der Waals surface area contributed by atoms with Gasteiger partial charge in [0.25, 0.3) is 0 Å². The van der Waals surface area contributed by atoms with Gasteiger partial charge >= 0.3 is 0 Å². The zero-order chi connectivity index (χ0) is 13.8. The Labute approximate surface area is 107 Å². The molecule has 0 radical (unpaired) electrons. The average molecular weight is 246 g/mol. The van der Waals surface area contributed by atoms with E-state index in [9.17, 15) is 9.90 Å². The molecule has 0 saturated carbocycles. The molecule has 0 atom stereocenters. The van der Waals surface area contributed by atoms with Gasteiger partial charge in [-0.2, -0.15) is 5.26 Å². The first-order valence-corrected chi connectivity index (χ1v) is 5.77. The summed E-state index contributed by atoms with van der Waals surface area (Å²) >= 11 is 0. The quantitative estimate of drug-likeness (QED) is 0.871. The summed E-state index contributed by atoms with van der Waals surface area (Å²) in [6.07, 6.45) is 0.269. The zero-order valence-electron chi connectivity index (χ0n) is 11.0. The summed E-state index contributed by atoms with van der Waals surface area (Å²) in [6, 6.07) is 8.97. The number of nitrogens with zero attached hydrogens (tertiary/aromatic N) is 2. The number of amides is 1. The fourth-order valence-electron chi connectivity index (χ4n) is 1.43. The van der Waals surface area contributed by atoms with Crippen molar-refractivity contribution in [2.75, 3.05) is 13.7 Å². The molecule has 18 heavy (non-hydrogen) atoms. The lowest BCUT2D eigenvalue weighted by atomic mass is 10.0. The highest BCUT2D eigenvalue weighted by Crippen LogP contribution is 2.13. The van der Waals surface area contributed by atoms with E-state index in [1.807, 2.05) is 19.9 Å². The molecule has 0 unspecified atom stereocenters. The summed E-state index contributed by atoms with van der Waals surface area (Å²) in [5.41, 5.74) is 0.874. The van der Waals surface area contributed by atoms with Crippen LogP contribution >= 0.6 is 0 Å². The number of carbonyl (C=O) groups excluding carboxylic acids is 1. The van der Waals surface area contributed by atoms with E-state index in [1.165, 1.54) is 0 Å². The molecule has 0 aromatic heterocycles. The van der Waals surface area contributed by atoms with E-state index in [0.717, 1.165) is 5.56 Å². The lowest BCUT2D eigenvalue weighted by Gasteiger charge is -2.34. The van der Waals surface area contributed by atoms with Crippen molar-refractivity contribution >= 4 is 5.91 Å². The highest BCUT2D eigenvalue weighted by atomic mass is 16.3. The Morgan fingerprint density at radius 2 is 1.94 bits per heavy atom. The maximum absolute atomic E-state index is 12.0. The van der Waals surface area contributed by atoms with Crippen molar-refractivity contribution in [2.45, 2.75) is 25.8 Å². The van der Waals surface area contributed by atoms with E-state index in [-0.39, 0.29) is 18.9 Å². The minimum Gasteiger partial charge on any atom is -0.394 e. The normalized spacial score (nSPS) is 10.8. The number of hydrogen-bond donors (Lipinski definition) is 1. The monoisotopic (exact) mass is 246 g/mol. The molecular weight excluding hydrogens is 228 g/mol. The van der Waals surface area contributed by atoms with Gasteiger partial charge in [-0.25, -0.2) is 0 Å². The standard InChI is InChI=1S/C14H18N2O2/c1-14(2,10-17)16(3)13(18)8-11-4-6-12(9-15)7-5-11/h4-7,17H,8,10H2,1-3H3. The number of aliphatic hydroxyl groups excluding tert-OH is 1. The molecule has 0 aliphatic carbocycles. The molecule has 0 bridgehead atoms. The molecule has 4 nitrogen and oxygen atoms in total. The maximum Gasteiger partial charge on any atom is 0.227 e. The van der Waals surface area contributed by atoms with Crippen LogP contribution in [0.1, 0.15) is 25.0 Å². The molecule has 0 fully saturated rings. The zero-order valence-corrected chi connectivity index (χ0v) is 11.0. The molecule has 1 amide bonds. The third-order valence-corrected chi connectivity index (χ3v) is 3.11. The Balaban J connectivity index is 2.73. The SMILES string of the molecule is CN(C(=O)Cc1ccc(C#N)cc1)C(C)(C)CO. The molecule has 1 N–H and O–H groups in total. The smallest absolute Gasteiger partial charge is 0.227 e. The van der Waals surface area contributed by atoms with Crippen LogP contribution in [0.5, 0.6) is 0 Å². The van der Waals surface area contributed by atoms with Crippen LogP contribution in [0.4, 0.5) is 0 Å². The molecular formula is C14H18N2O2. The van der Waals surface area contributed by atoms with Gasteiger partial charge in [-0.15, -0.1) is 0 Å². The number of benzene rings is 1. The molecule has 0 saturated heterocycles. The number of rotatable bonds is 4. The van der Waals surface area contributed by atoms with Crippen LogP contribution in [0.2, 0.25) is 0 Å². The van der Waals surface area contributed by atoms with Crippen molar-refractivity contribution in [3.63, 3.8) is 0 Å². The summed E-state index contributed by atoms with van der Waals surface area (Å²) in [5.74, 6) is -0.0567. The number of aliphatic hydroxyl groups is 1. The number of nitriles is 1. The number of likely N-dealkylation sites (N-methyl/N-ethyl adjacent to an activating group) is 1. The predicted octanol–water partition coefficient (Wildman–Crippen LogP) is 1.33. The summed E-state index contributed by atoms with van der Waals surface area (Å²) in [6.45, 7) is 3.54. The molecule has 96 valence electrons. The van der Waals surface area contributed by atoms with Gasteiger partial charge in [0.2, 0.25) is 5.91 Å². The van der Waals surface area contributed by atoms with Crippen LogP contribution < -0.4 is 0 Å². The predicted molar refractivity (Wildman–Crippen MR) is 68.8 cm³/mol. The van der Waals surface area contributed by atoms with Crippen LogP contribution in [-0.2, 0) is 11.2 Å². The third-order valence-electron chi connectivity index (χ3n) is 3.11. The summed E-state index contributed by atoms with van der Waals surface area (Å²) in [4.78, 5) is 13.6. The first-order valence-electron chi connectivity index (χ1n) is 5.77. The van der Waals surface area contributed by atoms with Gasteiger partial charge in [0.1, 0.15) is 0 Å². The summed E-state index contributed by atoms with van der Waals surface area (Å²) in [7, 11) is 1.68. The molecule has 0 spiro atoms. The van der Waals surface area contributed by atoms with Crippen molar-refractivity contribution < 1.29 is 9.90 Å². The molecule has 0 aliphatic rings. The molecule has 0 heterocycles. The minimum atomic E-state index is -0.566. The maximum atomic E-state index is 12.0. The fourth-order valence-corrected chi connectivity index (χ4v) is 1.43. The Morgan fingerprint density at radius 3 is 2.39 bits per heavy atom. The minimum absolute atomic E-state index is 0.0567. The van der Waals surface area contributed by atoms with Crippen molar-refractivity contribution in [1.29, 1.82) is 5.26 Å². The van der Waals surface area contributed by atoms with Crippen LogP contribution in [-0.4, -0.2) is 35.1 Å². The molecule has 1 aromatic carbocycles. The lowest BCUT2D eigenvalue weighted by Crippen LogP contribution is -2.48. The summed E-state index contributed by atoms with van der Waals surface area (Å²) < 4.78 is 0. The van der Waals surface area contributed by atoms with E-state index in [4.69, 9.17) is 5.26 Å². The number of carbonyl (C=O) groups is 1. The van der Waals surface area contributed by atoms with Gasteiger partial charge in [0, 0.05) is 7.05 Å². The Morgan fingerprint density at radius 1 is 1.39 bits per heavy atom. The molecule has 1 rings (SSSR count). The second kappa shape index (κ2) is 5.65. The fraction of sp³-hybridized carbons (Fsp3) is 0.429. The van der Waals surface area contributed by atoms with Crippen LogP contribution in [0.3, 0.4) is 0 Å². The van der Waals surface area contributed by atoms with Crippen LogP contribution in [0, 0.1) is 11.3 Å². The Kier molecular flexibility index (Phi) is 4.46. The number of hydrogen-bond acceptors (Lipinski definition) is 3. The Bertz CT molecular complexity index is 458. The van der Waals surface area contributed by atoms with E-state index >= 15 is 0 Å². The Hall–Kier alpha value is -1.86. The van der Waals surface area contributed by atoms with Gasteiger partial charge in [0.15, 0.2) is 0 Å². The van der Waals surface area contributed by atoms with Gasteiger partial charge in [0.05, 0.1) is 30.2 Å². The highest BCUT2D eigenvalue weighted by molar-refractivity contribution is 5.79. The van der Waals surface area contributed by atoms with Gasteiger partial charge in [-0.3, -0.25) is 4.79 Å². The lowest BCUT2D eigenvalue weighted by molar-refractivity contribution is -0.135. The van der Waals surface area contributed by atoms with Crippen molar-refractivity contribution in [2.24, 2.45) is 0 Å². The topological polar surface area (TPSA) is 64.3 Å².